The van der Waals surface area contributed by atoms with Crippen LogP contribution in [0.15, 0.2) is 73.4 Å². The third-order valence-electron chi connectivity index (χ3n) is 7.64. The van der Waals surface area contributed by atoms with Gasteiger partial charge in [0.25, 0.3) is 0 Å². The molecule has 6 aromatic rings. The van der Waals surface area contributed by atoms with E-state index >= 15 is 0 Å². The Morgan fingerprint density at radius 3 is 2.62 bits per heavy atom. The number of rotatable bonds is 7. The fourth-order valence-corrected chi connectivity index (χ4v) is 5.63. The molecule has 6 heterocycles. The van der Waals surface area contributed by atoms with E-state index in [9.17, 15) is 4.39 Å². The molecule has 5 aromatic heterocycles. The van der Waals surface area contributed by atoms with Gasteiger partial charge in [0, 0.05) is 46.1 Å². The van der Waals surface area contributed by atoms with E-state index in [1.807, 2.05) is 30.7 Å². The topological polar surface area (TPSA) is 86.4 Å². The molecule has 194 valence electrons. The Balaban J connectivity index is 1.21. The number of aromatic amines is 2. The van der Waals surface area contributed by atoms with E-state index < -0.39 is 0 Å². The largest absolute Gasteiger partial charge is 0.352 e. The van der Waals surface area contributed by atoms with Crippen LogP contribution >= 0.6 is 0 Å². The standard InChI is InChI=1S/C31H28FN7/c32-26-8-2-1-7-22(26)25-17-34-18-29-23(25)13-28(36-29)31-24-14-27(35-19-30(24)37-38-31)21-12-20(15-33-16-21)6-5-11-39-9-3-4-10-39/h1-2,7-8,12-19,36H,3-6,9-11H2,(H,37,38). The molecule has 2 N–H and O–H groups in total. The second kappa shape index (κ2) is 10.0. The van der Waals surface area contributed by atoms with Crippen molar-refractivity contribution in [3.05, 3.63) is 84.8 Å². The summed E-state index contributed by atoms with van der Waals surface area (Å²) < 4.78 is 14.6. The number of H-pyrrole nitrogens is 2. The fraction of sp³-hybridized carbons (Fsp3) is 0.226. The molecule has 0 aliphatic carbocycles. The van der Waals surface area contributed by atoms with Gasteiger partial charge < -0.3 is 9.88 Å². The monoisotopic (exact) mass is 517 g/mol. The fourth-order valence-electron chi connectivity index (χ4n) is 5.63. The summed E-state index contributed by atoms with van der Waals surface area (Å²) in [6, 6.07) is 13.0. The van der Waals surface area contributed by atoms with Crippen molar-refractivity contribution in [2.75, 3.05) is 19.6 Å². The number of aryl methyl sites for hydroxylation is 1. The summed E-state index contributed by atoms with van der Waals surface area (Å²) in [4.78, 5) is 19.5. The molecule has 0 unspecified atom stereocenters. The van der Waals surface area contributed by atoms with E-state index in [0.29, 0.717) is 5.56 Å². The highest BCUT2D eigenvalue weighted by molar-refractivity contribution is 6.01. The van der Waals surface area contributed by atoms with Gasteiger partial charge in [-0.2, -0.15) is 5.10 Å². The molecule has 0 bridgehead atoms. The lowest BCUT2D eigenvalue weighted by atomic mass is 10.0. The first-order chi connectivity index (χ1) is 19.2. The predicted octanol–water partition coefficient (Wildman–Crippen LogP) is 6.40. The predicted molar refractivity (Wildman–Crippen MR) is 152 cm³/mol. The molecule has 7 rings (SSSR count). The third kappa shape index (κ3) is 4.57. The van der Waals surface area contributed by atoms with Gasteiger partial charge in [0.2, 0.25) is 0 Å². The number of benzene rings is 1. The Morgan fingerprint density at radius 1 is 0.846 bits per heavy atom. The number of fused-ring (bicyclic) bond motifs is 2. The van der Waals surface area contributed by atoms with Crippen molar-refractivity contribution in [2.24, 2.45) is 0 Å². The van der Waals surface area contributed by atoms with E-state index in [-0.39, 0.29) is 5.82 Å². The lowest BCUT2D eigenvalue weighted by molar-refractivity contribution is 0.334. The molecule has 1 aliphatic heterocycles. The van der Waals surface area contributed by atoms with Crippen molar-refractivity contribution in [3.63, 3.8) is 0 Å². The lowest BCUT2D eigenvalue weighted by Gasteiger charge is -2.14. The van der Waals surface area contributed by atoms with Crippen LogP contribution in [0.4, 0.5) is 4.39 Å². The van der Waals surface area contributed by atoms with E-state index in [4.69, 9.17) is 4.98 Å². The van der Waals surface area contributed by atoms with Gasteiger partial charge >= 0.3 is 0 Å². The molecular formula is C31H28FN7. The molecule has 0 radical (unpaired) electrons. The molecule has 1 aromatic carbocycles. The van der Waals surface area contributed by atoms with Crippen molar-refractivity contribution in [3.8, 4) is 33.8 Å². The van der Waals surface area contributed by atoms with Crippen LogP contribution in [0.5, 0.6) is 0 Å². The highest BCUT2D eigenvalue weighted by Gasteiger charge is 2.17. The normalized spacial score (nSPS) is 14.1. The zero-order chi connectivity index (χ0) is 26.2. The number of likely N-dealkylation sites (tertiary alicyclic amines) is 1. The van der Waals surface area contributed by atoms with Gasteiger partial charge in [0.1, 0.15) is 11.5 Å². The quantitative estimate of drug-likeness (QED) is 0.256. The summed E-state index contributed by atoms with van der Waals surface area (Å²) in [5, 5.41) is 9.54. The summed E-state index contributed by atoms with van der Waals surface area (Å²) in [5.74, 6) is -0.276. The van der Waals surface area contributed by atoms with E-state index in [0.717, 1.165) is 69.4 Å². The highest BCUT2D eigenvalue weighted by atomic mass is 19.1. The summed E-state index contributed by atoms with van der Waals surface area (Å²) in [5.41, 5.74) is 7.60. The first kappa shape index (κ1) is 23.7. The maximum absolute atomic E-state index is 14.6. The molecule has 7 nitrogen and oxygen atoms in total. The van der Waals surface area contributed by atoms with Gasteiger partial charge in [-0.1, -0.05) is 18.2 Å². The van der Waals surface area contributed by atoms with Crippen molar-refractivity contribution >= 4 is 21.8 Å². The average Bonchev–Trinajstić information content (AvgIpc) is 3.73. The Morgan fingerprint density at radius 2 is 1.72 bits per heavy atom. The van der Waals surface area contributed by atoms with E-state index in [1.54, 1.807) is 24.5 Å². The summed E-state index contributed by atoms with van der Waals surface area (Å²) in [7, 11) is 0. The van der Waals surface area contributed by atoms with Crippen molar-refractivity contribution in [1.29, 1.82) is 0 Å². The van der Waals surface area contributed by atoms with Crippen LogP contribution in [0, 0.1) is 5.82 Å². The van der Waals surface area contributed by atoms with Crippen LogP contribution in [-0.2, 0) is 6.42 Å². The van der Waals surface area contributed by atoms with Crippen LogP contribution in [0.1, 0.15) is 24.8 Å². The number of nitrogens with zero attached hydrogens (tertiary/aromatic N) is 5. The first-order valence-corrected chi connectivity index (χ1v) is 13.5. The second-order valence-corrected chi connectivity index (χ2v) is 10.2. The minimum Gasteiger partial charge on any atom is -0.352 e. The van der Waals surface area contributed by atoms with Crippen LogP contribution in [0.3, 0.4) is 0 Å². The maximum atomic E-state index is 14.6. The number of pyridine rings is 3. The number of nitrogens with one attached hydrogen (secondary N) is 2. The first-order valence-electron chi connectivity index (χ1n) is 13.5. The van der Waals surface area contributed by atoms with Gasteiger partial charge in [-0.3, -0.25) is 20.1 Å². The smallest absolute Gasteiger partial charge is 0.131 e. The van der Waals surface area contributed by atoms with Crippen molar-refractivity contribution in [1.82, 2.24) is 35.0 Å². The molecule has 0 saturated carbocycles. The van der Waals surface area contributed by atoms with Gasteiger partial charge in [-0.05, 0) is 75.1 Å². The lowest BCUT2D eigenvalue weighted by Crippen LogP contribution is -2.20. The maximum Gasteiger partial charge on any atom is 0.131 e. The zero-order valence-electron chi connectivity index (χ0n) is 21.5. The molecule has 1 fully saturated rings. The number of halogens is 1. The minimum atomic E-state index is -0.276. The molecule has 0 amide bonds. The molecule has 8 heteroatoms. The average molecular weight is 518 g/mol. The second-order valence-electron chi connectivity index (χ2n) is 10.2. The van der Waals surface area contributed by atoms with Gasteiger partial charge in [-0.15, -0.1) is 0 Å². The van der Waals surface area contributed by atoms with Crippen molar-refractivity contribution < 1.29 is 4.39 Å². The minimum absolute atomic E-state index is 0.276. The highest BCUT2D eigenvalue weighted by Crippen LogP contribution is 2.35. The Kier molecular flexibility index (Phi) is 6.09. The zero-order valence-corrected chi connectivity index (χ0v) is 21.5. The third-order valence-corrected chi connectivity index (χ3v) is 7.64. The summed E-state index contributed by atoms with van der Waals surface area (Å²) >= 11 is 0. The Labute approximate surface area is 225 Å². The molecule has 1 saturated heterocycles. The number of aromatic nitrogens is 6. The van der Waals surface area contributed by atoms with E-state index in [1.165, 1.54) is 37.6 Å². The molecule has 1 aliphatic rings. The van der Waals surface area contributed by atoms with Crippen LogP contribution in [-0.4, -0.2) is 54.7 Å². The SMILES string of the molecule is Fc1ccccc1-c1cncc2[nH]c(-c3n[nH]c4cnc(-c5cncc(CCCN6CCCC6)c5)cc34)cc12. The molecule has 39 heavy (non-hydrogen) atoms. The van der Waals surface area contributed by atoms with Crippen LogP contribution in [0.2, 0.25) is 0 Å². The summed E-state index contributed by atoms with van der Waals surface area (Å²) in [6.45, 7) is 3.60. The van der Waals surface area contributed by atoms with Crippen LogP contribution in [0.25, 0.3) is 55.6 Å². The molecule has 0 spiro atoms. The van der Waals surface area contributed by atoms with Crippen molar-refractivity contribution in [2.45, 2.75) is 25.7 Å². The van der Waals surface area contributed by atoms with Gasteiger partial charge in [0.15, 0.2) is 0 Å². The molecule has 0 atom stereocenters. The molecular weight excluding hydrogens is 489 g/mol. The Bertz CT molecular complexity index is 1780. The van der Waals surface area contributed by atoms with E-state index in [2.05, 4.69) is 42.2 Å². The van der Waals surface area contributed by atoms with Gasteiger partial charge in [-0.25, -0.2) is 4.39 Å². The number of hydrogen-bond acceptors (Lipinski definition) is 5. The summed E-state index contributed by atoms with van der Waals surface area (Å²) in [6.07, 6.45) is 13.9. The number of hydrogen-bond donors (Lipinski definition) is 2. The van der Waals surface area contributed by atoms with Gasteiger partial charge in [0.05, 0.1) is 34.8 Å². The Hall–Kier alpha value is -4.43. The van der Waals surface area contributed by atoms with Crippen LogP contribution < -0.4 is 0 Å².